The van der Waals surface area contributed by atoms with Crippen molar-refractivity contribution in [2.45, 2.75) is 6.18 Å². The monoisotopic (exact) mass is 280 g/mol. The number of amidine groups is 1. The molecule has 0 aliphatic carbocycles. The summed E-state index contributed by atoms with van der Waals surface area (Å²) in [7, 11) is 0. The highest BCUT2D eigenvalue weighted by Gasteiger charge is 2.34. The minimum Gasteiger partial charge on any atom is -0.457 e. The lowest BCUT2D eigenvalue weighted by Crippen LogP contribution is -2.18. The third kappa shape index (κ3) is 3.09. The van der Waals surface area contributed by atoms with Gasteiger partial charge in [-0.3, -0.25) is 5.41 Å². The standard InChI is InChI=1S/C14H11F3N2O/c15-14(16,17)12-7-6-10(8-11(12)13(18)19)20-9-4-2-1-3-5-9/h1-8H,(H3,18,19). The van der Waals surface area contributed by atoms with E-state index in [0.717, 1.165) is 12.1 Å². The summed E-state index contributed by atoms with van der Waals surface area (Å²) in [5, 5.41) is 7.25. The fourth-order valence-corrected chi connectivity index (χ4v) is 1.68. The van der Waals surface area contributed by atoms with Crippen molar-refractivity contribution in [2.75, 3.05) is 0 Å². The lowest BCUT2D eigenvalue weighted by molar-refractivity contribution is -0.137. The van der Waals surface area contributed by atoms with E-state index in [1.54, 1.807) is 30.3 Å². The van der Waals surface area contributed by atoms with Gasteiger partial charge in [0.1, 0.15) is 17.3 Å². The van der Waals surface area contributed by atoms with Gasteiger partial charge in [0, 0.05) is 5.56 Å². The molecule has 6 heteroatoms. The van der Waals surface area contributed by atoms with Crippen LogP contribution in [0.1, 0.15) is 11.1 Å². The normalized spacial score (nSPS) is 11.2. The zero-order valence-electron chi connectivity index (χ0n) is 10.2. The number of hydrogen-bond acceptors (Lipinski definition) is 2. The van der Waals surface area contributed by atoms with Crippen molar-refractivity contribution in [2.24, 2.45) is 5.73 Å². The number of nitrogens with one attached hydrogen (secondary N) is 1. The van der Waals surface area contributed by atoms with Gasteiger partial charge in [-0.1, -0.05) is 18.2 Å². The summed E-state index contributed by atoms with van der Waals surface area (Å²) in [6, 6.07) is 11.8. The van der Waals surface area contributed by atoms with Gasteiger partial charge in [0.05, 0.1) is 5.56 Å². The quantitative estimate of drug-likeness (QED) is 0.664. The molecule has 0 bridgehead atoms. The molecular weight excluding hydrogens is 269 g/mol. The molecule has 0 aliphatic rings. The van der Waals surface area contributed by atoms with Crippen LogP contribution in [0.5, 0.6) is 11.5 Å². The zero-order valence-corrected chi connectivity index (χ0v) is 10.2. The zero-order chi connectivity index (χ0) is 14.8. The van der Waals surface area contributed by atoms with Crippen molar-refractivity contribution in [3.8, 4) is 11.5 Å². The number of nitrogen functional groups attached to an aromatic ring is 1. The first-order valence-electron chi connectivity index (χ1n) is 5.66. The van der Waals surface area contributed by atoms with E-state index in [4.69, 9.17) is 15.9 Å². The highest BCUT2D eigenvalue weighted by molar-refractivity contribution is 5.97. The predicted molar refractivity (Wildman–Crippen MR) is 69.0 cm³/mol. The number of ether oxygens (including phenoxy) is 1. The van der Waals surface area contributed by atoms with Crippen LogP contribution in [0.25, 0.3) is 0 Å². The Kier molecular flexibility index (Phi) is 3.65. The second-order valence-electron chi connectivity index (χ2n) is 4.03. The van der Waals surface area contributed by atoms with Crippen LogP contribution in [-0.4, -0.2) is 5.84 Å². The molecule has 0 fully saturated rings. The van der Waals surface area contributed by atoms with E-state index in [2.05, 4.69) is 0 Å². The summed E-state index contributed by atoms with van der Waals surface area (Å²) in [6.45, 7) is 0. The average molecular weight is 280 g/mol. The Morgan fingerprint density at radius 1 is 1.00 bits per heavy atom. The Labute approximate surface area is 113 Å². The van der Waals surface area contributed by atoms with Gasteiger partial charge in [-0.2, -0.15) is 13.2 Å². The molecule has 2 aromatic rings. The molecule has 0 amide bonds. The van der Waals surface area contributed by atoms with E-state index < -0.39 is 23.1 Å². The summed E-state index contributed by atoms with van der Waals surface area (Å²) >= 11 is 0. The van der Waals surface area contributed by atoms with Crippen molar-refractivity contribution in [1.82, 2.24) is 0 Å². The van der Waals surface area contributed by atoms with Gasteiger partial charge in [0.25, 0.3) is 0 Å². The van der Waals surface area contributed by atoms with Gasteiger partial charge in [-0.05, 0) is 30.3 Å². The van der Waals surface area contributed by atoms with Gasteiger partial charge < -0.3 is 10.5 Å². The maximum Gasteiger partial charge on any atom is 0.417 e. The minimum absolute atomic E-state index is 0.189. The molecule has 3 N–H and O–H groups in total. The van der Waals surface area contributed by atoms with Crippen molar-refractivity contribution in [1.29, 1.82) is 5.41 Å². The topological polar surface area (TPSA) is 59.1 Å². The van der Waals surface area contributed by atoms with Crippen LogP contribution in [0.15, 0.2) is 48.5 Å². The van der Waals surface area contributed by atoms with Crippen LogP contribution in [-0.2, 0) is 6.18 Å². The Morgan fingerprint density at radius 2 is 1.65 bits per heavy atom. The van der Waals surface area contributed by atoms with Crippen molar-refractivity contribution < 1.29 is 17.9 Å². The van der Waals surface area contributed by atoms with Crippen LogP contribution < -0.4 is 10.5 Å². The second kappa shape index (κ2) is 5.24. The molecule has 0 spiro atoms. The molecule has 0 radical (unpaired) electrons. The molecule has 20 heavy (non-hydrogen) atoms. The number of hydrogen-bond donors (Lipinski definition) is 2. The van der Waals surface area contributed by atoms with E-state index in [9.17, 15) is 13.2 Å². The molecule has 2 aromatic carbocycles. The molecule has 0 aromatic heterocycles. The SMILES string of the molecule is N=C(N)c1cc(Oc2ccccc2)ccc1C(F)(F)F. The molecule has 0 unspecified atom stereocenters. The van der Waals surface area contributed by atoms with Crippen molar-refractivity contribution >= 4 is 5.84 Å². The Morgan fingerprint density at radius 3 is 2.20 bits per heavy atom. The average Bonchev–Trinajstić information content (AvgIpc) is 2.38. The van der Waals surface area contributed by atoms with Gasteiger partial charge in [-0.15, -0.1) is 0 Å². The third-order valence-corrected chi connectivity index (χ3v) is 2.57. The minimum atomic E-state index is -4.56. The van der Waals surface area contributed by atoms with E-state index in [0.29, 0.717) is 5.75 Å². The van der Waals surface area contributed by atoms with Crippen LogP contribution in [0.3, 0.4) is 0 Å². The smallest absolute Gasteiger partial charge is 0.417 e. The summed E-state index contributed by atoms with van der Waals surface area (Å²) in [5.74, 6) is 0.0204. The van der Waals surface area contributed by atoms with E-state index in [1.165, 1.54) is 6.07 Å². The number of nitrogens with two attached hydrogens (primary N) is 1. The van der Waals surface area contributed by atoms with Gasteiger partial charge in [0.15, 0.2) is 0 Å². The molecule has 0 atom stereocenters. The predicted octanol–water partition coefficient (Wildman–Crippen LogP) is 3.78. The lowest BCUT2D eigenvalue weighted by atomic mass is 10.1. The first kappa shape index (κ1) is 13.9. The lowest BCUT2D eigenvalue weighted by Gasteiger charge is -2.13. The van der Waals surface area contributed by atoms with Gasteiger partial charge in [-0.25, -0.2) is 0 Å². The highest BCUT2D eigenvalue weighted by Crippen LogP contribution is 2.34. The second-order valence-corrected chi connectivity index (χ2v) is 4.03. The third-order valence-electron chi connectivity index (χ3n) is 2.57. The highest BCUT2D eigenvalue weighted by atomic mass is 19.4. The Hall–Kier alpha value is -2.50. The molecule has 0 saturated heterocycles. The molecule has 2 rings (SSSR count). The van der Waals surface area contributed by atoms with E-state index in [1.807, 2.05) is 0 Å². The van der Waals surface area contributed by atoms with Gasteiger partial charge in [0.2, 0.25) is 0 Å². The number of para-hydroxylation sites is 1. The first-order valence-corrected chi connectivity index (χ1v) is 5.66. The number of rotatable bonds is 3. The molecule has 0 saturated carbocycles. The van der Waals surface area contributed by atoms with E-state index in [-0.39, 0.29) is 5.75 Å². The molecule has 3 nitrogen and oxygen atoms in total. The molecule has 0 aliphatic heterocycles. The Bertz CT molecular complexity index is 624. The largest absolute Gasteiger partial charge is 0.457 e. The van der Waals surface area contributed by atoms with Crippen molar-refractivity contribution in [3.05, 3.63) is 59.7 Å². The summed E-state index contributed by atoms with van der Waals surface area (Å²) in [4.78, 5) is 0. The fourth-order valence-electron chi connectivity index (χ4n) is 1.68. The van der Waals surface area contributed by atoms with Crippen LogP contribution in [0.2, 0.25) is 0 Å². The first-order chi connectivity index (χ1) is 9.38. The maximum atomic E-state index is 12.8. The Balaban J connectivity index is 2.38. The number of benzene rings is 2. The molecule has 104 valence electrons. The summed E-state index contributed by atoms with van der Waals surface area (Å²) < 4.78 is 43.7. The van der Waals surface area contributed by atoms with Gasteiger partial charge >= 0.3 is 6.18 Å². The number of alkyl halides is 3. The number of halogens is 3. The van der Waals surface area contributed by atoms with Crippen molar-refractivity contribution in [3.63, 3.8) is 0 Å². The van der Waals surface area contributed by atoms with Crippen LogP contribution >= 0.6 is 0 Å². The maximum absolute atomic E-state index is 12.8. The van der Waals surface area contributed by atoms with Crippen LogP contribution in [0, 0.1) is 5.41 Å². The van der Waals surface area contributed by atoms with E-state index >= 15 is 0 Å². The molecule has 0 heterocycles. The summed E-state index contributed by atoms with van der Waals surface area (Å²) in [6.07, 6.45) is -4.56. The fraction of sp³-hybridized carbons (Fsp3) is 0.0714. The van der Waals surface area contributed by atoms with Crippen LogP contribution in [0.4, 0.5) is 13.2 Å². The molecular formula is C14H11F3N2O. The summed E-state index contributed by atoms with van der Waals surface area (Å²) in [5.41, 5.74) is 3.85.